The number of aromatic nitrogens is 1. The van der Waals surface area contributed by atoms with Gasteiger partial charge in [0.2, 0.25) is 0 Å². The van der Waals surface area contributed by atoms with Crippen molar-refractivity contribution in [1.82, 2.24) is 4.98 Å². The smallest absolute Gasteiger partial charge is 0.417 e. The highest BCUT2D eigenvalue weighted by atomic mass is 35.5. The van der Waals surface area contributed by atoms with E-state index in [0.29, 0.717) is 11.8 Å². The molecule has 0 spiro atoms. The van der Waals surface area contributed by atoms with E-state index in [-0.39, 0.29) is 28.9 Å². The lowest BCUT2D eigenvalue weighted by Crippen LogP contribution is -2.11. The maximum Gasteiger partial charge on any atom is 0.417 e. The summed E-state index contributed by atoms with van der Waals surface area (Å²) in [5.74, 6) is -0.745. The molecule has 0 fully saturated rings. The molecule has 28 heavy (non-hydrogen) atoms. The van der Waals surface area contributed by atoms with Gasteiger partial charge in [0, 0.05) is 6.20 Å². The number of alkyl halides is 3. The molecule has 7 nitrogen and oxygen atoms in total. The van der Waals surface area contributed by atoms with E-state index in [2.05, 4.69) is 15.5 Å². The molecule has 0 aliphatic heterocycles. The predicted molar refractivity (Wildman–Crippen MR) is 96.2 cm³/mol. The third-order valence-electron chi connectivity index (χ3n) is 3.16. The number of hydrogen-bond acceptors (Lipinski definition) is 6. The predicted octanol–water partition coefficient (Wildman–Crippen LogP) is 4.06. The lowest BCUT2D eigenvalue weighted by atomic mass is 10.2. The third-order valence-corrected chi connectivity index (χ3v) is 3.44. The first-order valence-corrected chi connectivity index (χ1v) is 8.21. The van der Waals surface area contributed by atoms with Crippen molar-refractivity contribution in [3.63, 3.8) is 0 Å². The first kappa shape index (κ1) is 21.3. The number of aliphatic carboxylic acids is 1. The Morgan fingerprint density at radius 3 is 2.68 bits per heavy atom. The van der Waals surface area contributed by atoms with Gasteiger partial charge in [-0.2, -0.15) is 18.3 Å². The zero-order valence-corrected chi connectivity index (χ0v) is 15.2. The van der Waals surface area contributed by atoms with Crippen LogP contribution in [-0.2, 0) is 11.0 Å². The molecule has 2 aromatic rings. The number of nitrogens with zero attached hydrogens (tertiary/aromatic N) is 2. The minimum Gasteiger partial charge on any atom is -0.490 e. The van der Waals surface area contributed by atoms with Crippen LogP contribution in [0.2, 0.25) is 5.02 Å². The van der Waals surface area contributed by atoms with Gasteiger partial charge in [-0.15, -0.1) is 0 Å². The lowest BCUT2D eigenvalue weighted by Gasteiger charge is -2.13. The maximum absolute atomic E-state index is 12.5. The summed E-state index contributed by atoms with van der Waals surface area (Å²) in [6.45, 7) is 1.43. The maximum atomic E-state index is 12.5. The van der Waals surface area contributed by atoms with Crippen LogP contribution < -0.4 is 14.9 Å². The molecule has 0 bridgehead atoms. The molecule has 0 atom stereocenters. The molecule has 0 radical (unpaired) electrons. The highest BCUT2D eigenvalue weighted by molar-refractivity contribution is 6.32. The Morgan fingerprint density at radius 1 is 1.36 bits per heavy atom. The summed E-state index contributed by atoms with van der Waals surface area (Å²) in [4.78, 5) is 14.3. The second kappa shape index (κ2) is 9.27. The Bertz CT molecular complexity index is 858. The fraction of sp³-hybridized carbons (Fsp3) is 0.235. The Labute approximate surface area is 162 Å². The average molecular weight is 418 g/mol. The molecular weight excluding hydrogens is 403 g/mol. The molecule has 150 valence electrons. The molecule has 2 rings (SSSR count). The van der Waals surface area contributed by atoms with E-state index in [0.717, 1.165) is 12.1 Å². The first-order chi connectivity index (χ1) is 13.2. The van der Waals surface area contributed by atoms with Crippen LogP contribution in [-0.4, -0.2) is 35.5 Å². The first-order valence-electron chi connectivity index (χ1n) is 7.84. The lowest BCUT2D eigenvalue weighted by molar-refractivity contribution is -0.139. The molecule has 0 saturated carbocycles. The zero-order valence-electron chi connectivity index (χ0n) is 14.5. The van der Waals surface area contributed by atoms with Gasteiger partial charge in [0.25, 0.3) is 0 Å². The summed E-state index contributed by atoms with van der Waals surface area (Å²) in [6.07, 6.45) is -2.43. The van der Waals surface area contributed by atoms with E-state index in [1.807, 2.05) is 0 Å². The van der Waals surface area contributed by atoms with Gasteiger partial charge in [0.05, 0.1) is 23.4 Å². The van der Waals surface area contributed by atoms with Crippen LogP contribution in [0.25, 0.3) is 0 Å². The van der Waals surface area contributed by atoms with E-state index in [1.165, 1.54) is 18.3 Å². The van der Waals surface area contributed by atoms with Gasteiger partial charge in [-0.3, -0.25) is 5.43 Å². The minimum atomic E-state index is -4.47. The van der Waals surface area contributed by atoms with Crippen molar-refractivity contribution in [2.24, 2.45) is 5.10 Å². The van der Waals surface area contributed by atoms with Crippen molar-refractivity contribution in [3.05, 3.63) is 46.6 Å². The monoisotopic (exact) mass is 417 g/mol. The van der Waals surface area contributed by atoms with Crippen LogP contribution >= 0.6 is 11.6 Å². The summed E-state index contributed by atoms with van der Waals surface area (Å²) >= 11 is 6.11. The number of carboxylic acids is 1. The number of carbonyl (C=O) groups is 1. The summed E-state index contributed by atoms with van der Waals surface area (Å²) in [5.41, 5.74) is 2.11. The largest absolute Gasteiger partial charge is 0.490 e. The number of hydrazone groups is 1. The number of benzene rings is 1. The third kappa shape index (κ3) is 6.02. The van der Waals surface area contributed by atoms with Crippen LogP contribution in [0, 0.1) is 0 Å². The highest BCUT2D eigenvalue weighted by Gasteiger charge is 2.30. The molecule has 1 aromatic carbocycles. The molecule has 0 aliphatic carbocycles. The number of halogens is 4. The summed E-state index contributed by atoms with van der Waals surface area (Å²) in [7, 11) is 0. The number of carboxylic acid groups (broad SMARTS) is 1. The number of anilines is 1. The van der Waals surface area contributed by atoms with Crippen LogP contribution in [0.3, 0.4) is 0 Å². The fourth-order valence-corrected chi connectivity index (χ4v) is 2.27. The quantitative estimate of drug-likeness (QED) is 0.497. The standard InChI is InChI=1S/C17H15ClF3N3O4/c1-2-27-13-6-10(5-12(18)16(13)28-9-15(25)26)7-23-24-14-4-3-11(8-22-14)17(19,20)21/h3-8H,2,9H2,1H3,(H,22,24)(H,25,26)/b23-7-. The molecule has 1 heterocycles. The topological polar surface area (TPSA) is 93.0 Å². The van der Waals surface area contributed by atoms with Crippen LogP contribution in [0.1, 0.15) is 18.1 Å². The Hall–Kier alpha value is -3.01. The molecule has 0 amide bonds. The van der Waals surface area contributed by atoms with Crippen molar-refractivity contribution >= 4 is 29.6 Å². The van der Waals surface area contributed by atoms with E-state index >= 15 is 0 Å². The van der Waals surface area contributed by atoms with Crippen LogP contribution in [0.4, 0.5) is 19.0 Å². The van der Waals surface area contributed by atoms with Crippen molar-refractivity contribution < 1.29 is 32.5 Å². The molecule has 0 unspecified atom stereocenters. The second-order valence-electron chi connectivity index (χ2n) is 5.25. The Morgan fingerprint density at radius 2 is 2.11 bits per heavy atom. The fourth-order valence-electron chi connectivity index (χ4n) is 2.00. The summed E-state index contributed by atoms with van der Waals surface area (Å²) < 4.78 is 48.0. The van der Waals surface area contributed by atoms with Gasteiger partial charge in [-0.25, -0.2) is 9.78 Å². The molecule has 2 N–H and O–H groups in total. The normalized spacial score (nSPS) is 11.5. The molecule has 11 heteroatoms. The van der Waals surface area contributed by atoms with Crippen molar-refractivity contribution in [2.45, 2.75) is 13.1 Å². The minimum absolute atomic E-state index is 0.0837. The number of pyridine rings is 1. The Kier molecular flexibility index (Phi) is 7.05. The number of ether oxygens (including phenoxy) is 2. The van der Waals surface area contributed by atoms with Crippen LogP contribution in [0.15, 0.2) is 35.6 Å². The molecule has 1 aromatic heterocycles. The number of nitrogens with one attached hydrogen (secondary N) is 1. The molecule has 0 aliphatic rings. The molecular formula is C17H15ClF3N3O4. The van der Waals surface area contributed by atoms with Crippen LogP contribution in [0.5, 0.6) is 11.5 Å². The number of rotatable bonds is 8. The van der Waals surface area contributed by atoms with Crippen molar-refractivity contribution in [1.29, 1.82) is 0 Å². The number of hydrogen-bond donors (Lipinski definition) is 2. The van der Waals surface area contributed by atoms with E-state index in [4.69, 9.17) is 26.2 Å². The summed E-state index contributed by atoms with van der Waals surface area (Å²) in [6, 6.07) is 5.01. The van der Waals surface area contributed by atoms with Gasteiger partial charge < -0.3 is 14.6 Å². The summed E-state index contributed by atoms with van der Waals surface area (Å²) in [5, 5.41) is 12.7. The van der Waals surface area contributed by atoms with Gasteiger partial charge in [-0.05, 0) is 36.8 Å². The van der Waals surface area contributed by atoms with Gasteiger partial charge in [0.1, 0.15) is 5.82 Å². The van der Waals surface area contributed by atoms with Crippen molar-refractivity contribution in [3.8, 4) is 11.5 Å². The van der Waals surface area contributed by atoms with E-state index in [9.17, 15) is 18.0 Å². The van der Waals surface area contributed by atoms with Crippen molar-refractivity contribution in [2.75, 3.05) is 18.6 Å². The van der Waals surface area contributed by atoms with E-state index in [1.54, 1.807) is 6.92 Å². The van der Waals surface area contributed by atoms with Gasteiger partial charge >= 0.3 is 12.1 Å². The second-order valence-corrected chi connectivity index (χ2v) is 5.65. The van der Waals surface area contributed by atoms with E-state index < -0.39 is 24.3 Å². The Balaban J connectivity index is 2.13. The average Bonchev–Trinajstić information content (AvgIpc) is 2.61. The molecule has 0 saturated heterocycles. The highest BCUT2D eigenvalue weighted by Crippen LogP contribution is 2.36. The zero-order chi connectivity index (χ0) is 20.7. The van der Waals surface area contributed by atoms with Gasteiger partial charge in [-0.1, -0.05) is 11.6 Å². The SMILES string of the molecule is CCOc1cc(/C=N\Nc2ccc(C(F)(F)F)cn2)cc(Cl)c1OCC(=O)O. The van der Waals surface area contributed by atoms with Gasteiger partial charge in [0.15, 0.2) is 18.1 Å².